The summed E-state index contributed by atoms with van der Waals surface area (Å²) in [6.45, 7) is 0. The van der Waals surface area contributed by atoms with E-state index in [0.717, 1.165) is 0 Å². The zero-order valence-electron chi connectivity index (χ0n) is 15.6. The summed E-state index contributed by atoms with van der Waals surface area (Å²) in [4.78, 5) is 38.2. The summed E-state index contributed by atoms with van der Waals surface area (Å²) in [7, 11) is 0. The van der Waals surface area contributed by atoms with Crippen molar-refractivity contribution in [3.8, 4) is 0 Å². The number of aliphatic hydroxyl groups is 1. The third kappa shape index (κ3) is 18.7. The van der Waals surface area contributed by atoms with Crippen molar-refractivity contribution in [1.82, 2.24) is 19.9 Å². The summed E-state index contributed by atoms with van der Waals surface area (Å²) in [5.74, 6) is -2.61. The minimum Gasteiger partial charge on any atom is -0.550 e. The third-order valence-corrected chi connectivity index (χ3v) is 2.08. The SMILES string of the molecule is Nc1nc(N)[nH+]c(N)n1.Nc1nc(N)[nH+]c(N)n1.O.O.O.O.O=C([O-])C[C@@H](O)C(=O)[O-]. The Balaban J connectivity index is -0.000000102. The summed E-state index contributed by atoms with van der Waals surface area (Å²) >= 11 is 0. The largest absolute Gasteiger partial charge is 0.550 e. The fourth-order valence-electron chi connectivity index (χ4n) is 1.16. The van der Waals surface area contributed by atoms with E-state index in [9.17, 15) is 19.8 Å². The van der Waals surface area contributed by atoms with Gasteiger partial charge in [0, 0.05) is 12.4 Å². The molecular weight excluding hydrogens is 432 g/mol. The Kier molecular flexibility index (Phi) is 21.2. The summed E-state index contributed by atoms with van der Waals surface area (Å²) in [5, 5.41) is 27.3. The van der Waals surface area contributed by atoms with E-state index in [-0.39, 0.29) is 57.6 Å². The molecule has 2 heterocycles. The van der Waals surface area contributed by atoms with Crippen LogP contribution in [0.25, 0.3) is 0 Å². The summed E-state index contributed by atoms with van der Waals surface area (Å²) in [6.07, 6.45) is -2.89. The molecule has 21 nitrogen and oxygen atoms in total. The highest BCUT2D eigenvalue weighted by molar-refractivity contribution is 5.77. The van der Waals surface area contributed by atoms with Crippen LogP contribution in [0.15, 0.2) is 0 Å². The van der Waals surface area contributed by atoms with Gasteiger partial charge in [-0.15, -0.1) is 0 Å². The Labute approximate surface area is 172 Å². The van der Waals surface area contributed by atoms with Crippen LogP contribution in [0.5, 0.6) is 0 Å². The zero-order chi connectivity index (χ0) is 21.1. The molecule has 0 spiro atoms. The van der Waals surface area contributed by atoms with Crippen molar-refractivity contribution in [3.63, 3.8) is 0 Å². The average Bonchev–Trinajstić information content (AvgIpc) is 2.44. The van der Waals surface area contributed by atoms with E-state index in [1.54, 1.807) is 0 Å². The van der Waals surface area contributed by atoms with Crippen LogP contribution in [0.1, 0.15) is 6.42 Å². The van der Waals surface area contributed by atoms with Crippen molar-refractivity contribution >= 4 is 47.6 Å². The number of nitrogens with two attached hydrogens (primary N) is 6. The minimum atomic E-state index is -1.96. The molecular formula is C10H26N12O9. The number of nitrogens with one attached hydrogen (secondary N) is 2. The van der Waals surface area contributed by atoms with E-state index in [1.165, 1.54) is 0 Å². The molecule has 0 fully saturated rings. The Hall–Kier alpha value is -4.44. The maximum atomic E-state index is 9.58. The number of aromatic nitrogens is 6. The van der Waals surface area contributed by atoms with E-state index in [2.05, 4.69) is 29.9 Å². The fourth-order valence-corrected chi connectivity index (χ4v) is 1.16. The quantitative estimate of drug-likeness (QED) is 0.224. The molecule has 0 bridgehead atoms. The average molecular weight is 458 g/mol. The molecule has 21 heteroatoms. The molecule has 31 heavy (non-hydrogen) atoms. The van der Waals surface area contributed by atoms with Gasteiger partial charge in [-0.05, 0) is 0 Å². The number of nitrogens with zero attached hydrogens (tertiary/aromatic N) is 4. The number of carboxylic acids is 2. The summed E-state index contributed by atoms with van der Waals surface area (Å²) in [6, 6.07) is 0. The van der Waals surface area contributed by atoms with E-state index in [1.807, 2.05) is 0 Å². The molecule has 0 radical (unpaired) electrons. The third-order valence-electron chi connectivity index (χ3n) is 2.08. The molecule has 0 amide bonds. The number of aliphatic hydroxyl groups excluding tert-OH is 1. The number of H-pyrrole nitrogens is 2. The summed E-state index contributed by atoms with van der Waals surface area (Å²) in [5.41, 5.74) is 31.1. The molecule has 23 N–H and O–H groups in total. The van der Waals surface area contributed by atoms with Gasteiger partial charge in [-0.25, -0.2) is 9.97 Å². The van der Waals surface area contributed by atoms with Crippen LogP contribution >= 0.6 is 0 Å². The number of aromatic amines is 2. The Morgan fingerprint density at radius 2 is 1.00 bits per heavy atom. The normalized spacial score (nSPS) is 9.06. The molecule has 0 saturated heterocycles. The van der Waals surface area contributed by atoms with Crippen molar-refractivity contribution in [2.75, 3.05) is 34.4 Å². The van der Waals surface area contributed by atoms with E-state index in [0.29, 0.717) is 0 Å². The van der Waals surface area contributed by atoms with Crippen LogP contribution in [0.4, 0.5) is 35.7 Å². The predicted molar refractivity (Wildman–Crippen MR) is 98.7 cm³/mol. The Morgan fingerprint density at radius 1 is 0.742 bits per heavy atom. The molecule has 0 aromatic carbocycles. The Bertz CT molecular complexity index is 645. The van der Waals surface area contributed by atoms with E-state index < -0.39 is 24.5 Å². The van der Waals surface area contributed by atoms with Gasteiger partial charge in [0.25, 0.3) is 0 Å². The lowest BCUT2D eigenvalue weighted by atomic mass is 10.3. The van der Waals surface area contributed by atoms with Gasteiger partial charge in [0.2, 0.25) is 0 Å². The second-order valence-electron chi connectivity index (χ2n) is 4.37. The molecule has 0 saturated carbocycles. The number of anilines is 6. The first-order valence-electron chi connectivity index (χ1n) is 6.65. The number of hydrogen-bond acceptors (Lipinski definition) is 15. The lowest BCUT2D eigenvalue weighted by Gasteiger charge is -2.10. The highest BCUT2D eigenvalue weighted by Crippen LogP contribution is 1.92. The van der Waals surface area contributed by atoms with Gasteiger partial charge in [0.05, 0.1) is 12.1 Å². The monoisotopic (exact) mass is 458 g/mol. The molecule has 1 atom stereocenters. The topological polar surface area (TPSA) is 462 Å². The van der Waals surface area contributed by atoms with Crippen LogP contribution in [-0.2, 0) is 9.59 Å². The van der Waals surface area contributed by atoms with Gasteiger partial charge < -0.3 is 81.2 Å². The second kappa shape index (κ2) is 17.6. The van der Waals surface area contributed by atoms with Gasteiger partial charge in [-0.1, -0.05) is 19.9 Å². The minimum absolute atomic E-state index is 0. The highest BCUT2D eigenvalue weighted by atomic mass is 16.4. The van der Waals surface area contributed by atoms with Gasteiger partial charge in [-0.3, -0.25) is 0 Å². The van der Waals surface area contributed by atoms with Crippen LogP contribution in [0, 0.1) is 0 Å². The first kappa shape index (κ1) is 37.3. The van der Waals surface area contributed by atoms with Gasteiger partial charge >= 0.3 is 35.7 Å². The van der Waals surface area contributed by atoms with Crippen molar-refractivity contribution in [2.45, 2.75) is 12.5 Å². The van der Waals surface area contributed by atoms with Crippen molar-refractivity contribution in [1.29, 1.82) is 0 Å². The number of carbonyl (C=O) groups excluding carboxylic acids is 2. The second-order valence-corrected chi connectivity index (χ2v) is 4.37. The van der Waals surface area contributed by atoms with E-state index in [4.69, 9.17) is 39.5 Å². The van der Waals surface area contributed by atoms with Crippen LogP contribution in [0.2, 0.25) is 0 Å². The zero-order valence-corrected chi connectivity index (χ0v) is 15.6. The number of carboxylic acid groups (broad SMARTS) is 2. The van der Waals surface area contributed by atoms with Crippen molar-refractivity contribution < 1.29 is 56.8 Å². The predicted octanol–water partition coefficient (Wildman–Crippen LogP) is -11.0. The lowest BCUT2D eigenvalue weighted by molar-refractivity contribution is -0.351. The van der Waals surface area contributed by atoms with Crippen molar-refractivity contribution in [2.24, 2.45) is 0 Å². The number of aliphatic carboxylic acids is 2. The molecule has 2 aromatic rings. The van der Waals surface area contributed by atoms with Crippen LogP contribution in [-0.4, -0.2) is 65.0 Å². The molecule has 0 aliphatic rings. The number of hydrogen-bond donors (Lipinski definition) is 7. The number of carbonyl (C=O) groups is 2. The van der Waals surface area contributed by atoms with E-state index >= 15 is 0 Å². The smallest absolute Gasteiger partial charge is 0.320 e. The Morgan fingerprint density at radius 3 is 1.13 bits per heavy atom. The van der Waals surface area contributed by atoms with Crippen LogP contribution in [0.3, 0.4) is 0 Å². The first-order chi connectivity index (χ1) is 12.4. The summed E-state index contributed by atoms with van der Waals surface area (Å²) < 4.78 is 0. The molecule has 2 aromatic heterocycles. The van der Waals surface area contributed by atoms with Crippen LogP contribution < -0.4 is 54.6 Å². The number of rotatable bonds is 3. The maximum Gasteiger partial charge on any atom is 0.320 e. The standard InChI is InChI=1S/C4H6O5.2C3H6N6.4H2O/c5-2(4(8)9)1-3(6)7;2*4-1-7-2(5)9-3(6)8-1;;;;/h2,5H,1H2,(H,6,7)(H,8,9);2*(H6,4,5,6,7,8,9);4*1H2/t2-;;;;;;/m1....../s1. The number of nitrogen functional groups attached to an aromatic ring is 6. The highest BCUT2D eigenvalue weighted by Gasteiger charge is 2.03. The molecule has 0 aliphatic heterocycles. The molecule has 180 valence electrons. The fraction of sp³-hybridized carbons (Fsp3) is 0.200. The molecule has 0 aliphatic carbocycles. The van der Waals surface area contributed by atoms with Crippen molar-refractivity contribution in [3.05, 3.63) is 0 Å². The first-order valence-corrected chi connectivity index (χ1v) is 6.65. The maximum absolute atomic E-state index is 9.58. The van der Waals surface area contributed by atoms with Gasteiger partial charge in [-0.2, -0.15) is 0 Å². The lowest BCUT2D eigenvalue weighted by Crippen LogP contribution is -2.39. The van der Waals surface area contributed by atoms with Gasteiger partial charge in [0.1, 0.15) is 0 Å². The molecule has 2 rings (SSSR count). The van der Waals surface area contributed by atoms with Gasteiger partial charge in [0.15, 0.2) is 0 Å². The molecule has 0 unspecified atom stereocenters.